The lowest BCUT2D eigenvalue weighted by Crippen LogP contribution is -2.26. The Morgan fingerprint density at radius 3 is 2.24 bits per heavy atom. The van der Waals surface area contributed by atoms with Crippen molar-refractivity contribution in [2.24, 2.45) is 0 Å². The number of carbonyl (C=O) groups excluding carboxylic acids is 1. The normalized spacial score (nSPS) is 10.3. The van der Waals surface area contributed by atoms with E-state index >= 15 is 0 Å². The highest BCUT2D eigenvalue weighted by molar-refractivity contribution is 5.78. The van der Waals surface area contributed by atoms with Crippen LogP contribution in [-0.2, 0) is 24.1 Å². The molecule has 0 aromatic heterocycles. The van der Waals surface area contributed by atoms with Gasteiger partial charge < -0.3 is 5.32 Å². The predicted octanol–water partition coefficient (Wildman–Crippen LogP) is 3.54. The number of benzene rings is 2. The fourth-order valence-electron chi connectivity index (χ4n) is 2.31. The number of amides is 1. The summed E-state index contributed by atoms with van der Waals surface area (Å²) < 4.78 is 0. The third-order valence-corrected chi connectivity index (χ3v) is 3.60. The van der Waals surface area contributed by atoms with E-state index < -0.39 is 0 Å². The lowest BCUT2D eigenvalue weighted by Gasteiger charge is -2.06. The van der Waals surface area contributed by atoms with Crippen LogP contribution in [0.3, 0.4) is 0 Å². The molecule has 0 atom stereocenters. The van der Waals surface area contributed by atoms with E-state index in [0.717, 1.165) is 31.4 Å². The molecule has 2 nitrogen and oxygen atoms in total. The van der Waals surface area contributed by atoms with Gasteiger partial charge in [-0.05, 0) is 36.0 Å². The van der Waals surface area contributed by atoms with Crippen molar-refractivity contribution in [1.82, 2.24) is 5.32 Å². The van der Waals surface area contributed by atoms with Gasteiger partial charge in [-0.2, -0.15) is 0 Å². The molecule has 0 fully saturated rings. The van der Waals surface area contributed by atoms with E-state index in [2.05, 4.69) is 36.5 Å². The van der Waals surface area contributed by atoms with Crippen LogP contribution < -0.4 is 5.32 Å². The number of rotatable bonds is 7. The Hall–Kier alpha value is -2.09. The van der Waals surface area contributed by atoms with Gasteiger partial charge in [0.05, 0.1) is 6.42 Å². The number of nitrogens with one attached hydrogen (secondary N) is 1. The van der Waals surface area contributed by atoms with Crippen molar-refractivity contribution >= 4 is 5.91 Å². The average molecular weight is 281 g/mol. The van der Waals surface area contributed by atoms with E-state index in [9.17, 15) is 4.79 Å². The molecule has 2 aromatic rings. The van der Waals surface area contributed by atoms with Crippen LogP contribution in [0.2, 0.25) is 0 Å². The molecule has 0 saturated carbocycles. The van der Waals surface area contributed by atoms with Crippen molar-refractivity contribution in [3.05, 3.63) is 71.3 Å². The zero-order valence-electron chi connectivity index (χ0n) is 12.6. The van der Waals surface area contributed by atoms with E-state index in [1.165, 1.54) is 11.1 Å². The van der Waals surface area contributed by atoms with E-state index in [4.69, 9.17) is 0 Å². The lowest BCUT2D eigenvalue weighted by atomic mass is 10.1. The first-order valence-electron chi connectivity index (χ1n) is 7.66. The summed E-state index contributed by atoms with van der Waals surface area (Å²) in [5.74, 6) is 0.104. The number of carbonyl (C=O) groups is 1. The van der Waals surface area contributed by atoms with Crippen LogP contribution in [0.25, 0.3) is 0 Å². The monoisotopic (exact) mass is 281 g/mol. The summed E-state index contributed by atoms with van der Waals surface area (Å²) >= 11 is 0. The average Bonchev–Trinajstić information content (AvgIpc) is 2.53. The van der Waals surface area contributed by atoms with Crippen molar-refractivity contribution in [1.29, 1.82) is 0 Å². The molecule has 0 saturated heterocycles. The minimum Gasteiger partial charge on any atom is -0.356 e. The van der Waals surface area contributed by atoms with E-state index in [1.54, 1.807) is 0 Å². The van der Waals surface area contributed by atoms with E-state index in [0.29, 0.717) is 6.42 Å². The molecule has 2 heteroatoms. The van der Waals surface area contributed by atoms with Crippen LogP contribution in [0.1, 0.15) is 30.0 Å². The van der Waals surface area contributed by atoms with Gasteiger partial charge in [0, 0.05) is 6.54 Å². The van der Waals surface area contributed by atoms with Gasteiger partial charge in [0.25, 0.3) is 0 Å². The summed E-state index contributed by atoms with van der Waals surface area (Å²) in [6.45, 7) is 2.87. The van der Waals surface area contributed by atoms with Crippen LogP contribution >= 0.6 is 0 Å². The zero-order chi connectivity index (χ0) is 14.9. The summed E-state index contributed by atoms with van der Waals surface area (Å²) in [6, 6.07) is 18.6. The van der Waals surface area contributed by atoms with Crippen LogP contribution in [0, 0.1) is 0 Å². The first kappa shape index (κ1) is 15.3. The maximum absolute atomic E-state index is 11.9. The smallest absolute Gasteiger partial charge is 0.224 e. The Bertz CT molecular complexity index is 546. The SMILES string of the molecule is CCc1ccc(CC(=O)NCCCc2ccccc2)cc1. The number of hydrogen-bond donors (Lipinski definition) is 1. The third-order valence-electron chi connectivity index (χ3n) is 3.60. The highest BCUT2D eigenvalue weighted by Crippen LogP contribution is 2.06. The van der Waals surface area contributed by atoms with Crippen LogP contribution in [0.4, 0.5) is 0 Å². The van der Waals surface area contributed by atoms with Gasteiger partial charge in [0.1, 0.15) is 0 Å². The summed E-state index contributed by atoms with van der Waals surface area (Å²) in [5, 5.41) is 2.99. The van der Waals surface area contributed by atoms with Crippen LogP contribution in [0.15, 0.2) is 54.6 Å². The van der Waals surface area contributed by atoms with Gasteiger partial charge in [0.15, 0.2) is 0 Å². The van der Waals surface area contributed by atoms with Gasteiger partial charge in [0.2, 0.25) is 5.91 Å². The molecular weight excluding hydrogens is 258 g/mol. The Labute approximate surface area is 127 Å². The Balaban J connectivity index is 1.67. The first-order valence-corrected chi connectivity index (χ1v) is 7.66. The number of aryl methyl sites for hydroxylation is 2. The second kappa shape index (κ2) is 8.25. The van der Waals surface area contributed by atoms with Gasteiger partial charge in [-0.25, -0.2) is 0 Å². The molecular formula is C19H23NO. The Morgan fingerprint density at radius 2 is 1.57 bits per heavy atom. The fourth-order valence-corrected chi connectivity index (χ4v) is 2.31. The summed E-state index contributed by atoms with van der Waals surface area (Å²) in [5.41, 5.74) is 3.71. The fraction of sp³-hybridized carbons (Fsp3) is 0.316. The largest absolute Gasteiger partial charge is 0.356 e. The molecule has 1 amide bonds. The highest BCUT2D eigenvalue weighted by Gasteiger charge is 2.02. The maximum Gasteiger partial charge on any atom is 0.224 e. The van der Waals surface area contributed by atoms with Gasteiger partial charge in [-0.1, -0.05) is 61.5 Å². The van der Waals surface area contributed by atoms with Crippen molar-refractivity contribution < 1.29 is 4.79 Å². The molecule has 21 heavy (non-hydrogen) atoms. The van der Waals surface area contributed by atoms with Crippen molar-refractivity contribution in [3.63, 3.8) is 0 Å². The summed E-state index contributed by atoms with van der Waals surface area (Å²) in [6.07, 6.45) is 3.48. The minimum atomic E-state index is 0.104. The minimum absolute atomic E-state index is 0.104. The molecule has 0 spiro atoms. The van der Waals surface area contributed by atoms with Crippen molar-refractivity contribution in [3.8, 4) is 0 Å². The summed E-state index contributed by atoms with van der Waals surface area (Å²) in [4.78, 5) is 11.9. The molecule has 0 heterocycles. The van der Waals surface area contributed by atoms with E-state index in [1.807, 2.05) is 30.3 Å². The van der Waals surface area contributed by atoms with Crippen molar-refractivity contribution in [2.45, 2.75) is 32.6 Å². The van der Waals surface area contributed by atoms with Gasteiger partial charge in [-0.3, -0.25) is 4.79 Å². The predicted molar refractivity (Wildman–Crippen MR) is 87.3 cm³/mol. The molecule has 2 aromatic carbocycles. The molecule has 0 bridgehead atoms. The molecule has 0 aliphatic carbocycles. The lowest BCUT2D eigenvalue weighted by molar-refractivity contribution is -0.120. The standard InChI is InChI=1S/C19H23NO/c1-2-16-10-12-18(13-11-16)15-19(21)20-14-6-9-17-7-4-3-5-8-17/h3-5,7-8,10-13H,2,6,9,14-15H2,1H3,(H,20,21). The number of hydrogen-bond acceptors (Lipinski definition) is 1. The molecule has 110 valence electrons. The Kier molecular flexibility index (Phi) is 6.01. The maximum atomic E-state index is 11.9. The van der Waals surface area contributed by atoms with E-state index in [-0.39, 0.29) is 5.91 Å². The zero-order valence-corrected chi connectivity index (χ0v) is 12.6. The molecule has 2 rings (SSSR count). The second-order valence-corrected chi connectivity index (χ2v) is 5.29. The topological polar surface area (TPSA) is 29.1 Å². The quantitative estimate of drug-likeness (QED) is 0.773. The summed E-state index contributed by atoms with van der Waals surface area (Å²) in [7, 11) is 0. The molecule has 0 unspecified atom stereocenters. The second-order valence-electron chi connectivity index (χ2n) is 5.29. The molecule has 0 aliphatic rings. The van der Waals surface area contributed by atoms with Gasteiger partial charge in [-0.15, -0.1) is 0 Å². The Morgan fingerprint density at radius 1 is 0.905 bits per heavy atom. The van der Waals surface area contributed by atoms with Crippen LogP contribution in [-0.4, -0.2) is 12.5 Å². The third kappa shape index (κ3) is 5.42. The molecule has 1 N–H and O–H groups in total. The van der Waals surface area contributed by atoms with Crippen molar-refractivity contribution in [2.75, 3.05) is 6.54 Å². The van der Waals surface area contributed by atoms with Gasteiger partial charge >= 0.3 is 0 Å². The first-order chi connectivity index (χ1) is 10.3. The molecule has 0 radical (unpaired) electrons. The molecule has 0 aliphatic heterocycles. The highest BCUT2D eigenvalue weighted by atomic mass is 16.1. The van der Waals surface area contributed by atoms with Crippen LogP contribution in [0.5, 0.6) is 0 Å².